The summed E-state index contributed by atoms with van der Waals surface area (Å²) in [5.41, 5.74) is 2.08. The van der Waals surface area contributed by atoms with Gasteiger partial charge in [0.15, 0.2) is 0 Å². The largest absolute Gasteiger partial charge is 0.494 e. The summed E-state index contributed by atoms with van der Waals surface area (Å²) in [5.74, 6) is 0.826. The number of ether oxygens (including phenoxy) is 1. The minimum atomic E-state index is 0.826. The number of pyridine rings is 1. The molecule has 2 nitrogen and oxygen atoms in total. The normalized spacial score (nSPS) is 10.5. The zero-order valence-corrected chi connectivity index (χ0v) is 9.63. The highest BCUT2D eigenvalue weighted by atomic mass is 79.9. The van der Waals surface area contributed by atoms with Crippen molar-refractivity contribution in [3.63, 3.8) is 0 Å². The molecule has 14 heavy (non-hydrogen) atoms. The molecule has 3 heteroatoms. The Balaban J connectivity index is 2.81. The molecule has 1 heterocycles. The van der Waals surface area contributed by atoms with Crippen LogP contribution in [0.4, 0.5) is 0 Å². The van der Waals surface area contributed by atoms with Crippen molar-refractivity contribution in [2.45, 2.75) is 6.92 Å². The predicted octanol–water partition coefficient (Wildman–Crippen LogP) is 3.31. The molecule has 1 aromatic heterocycles. The van der Waals surface area contributed by atoms with Gasteiger partial charge in [0.25, 0.3) is 0 Å². The van der Waals surface area contributed by atoms with Crippen molar-refractivity contribution in [1.29, 1.82) is 0 Å². The molecule has 0 N–H and O–H groups in total. The van der Waals surface area contributed by atoms with Crippen molar-refractivity contribution >= 4 is 26.8 Å². The number of aromatic nitrogens is 1. The Kier molecular flexibility index (Phi) is 2.42. The predicted molar refractivity (Wildman–Crippen MR) is 60.7 cm³/mol. The van der Waals surface area contributed by atoms with Crippen LogP contribution in [0.15, 0.2) is 28.9 Å². The van der Waals surface area contributed by atoms with Gasteiger partial charge >= 0.3 is 0 Å². The molecule has 1 aromatic carbocycles. The summed E-state index contributed by atoms with van der Waals surface area (Å²) in [6, 6.07) is 6.12. The van der Waals surface area contributed by atoms with Crippen molar-refractivity contribution < 1.29 is 4.74 Å². The number of fused-ring (bicyclic) bond motifs is 1. The van der Waals surface area contributed by atoms with Gasteiger partial charge in [-0.15, -0.1) is 0 Å². The maximum absolute atomic E-state index is 5.27. The third-order valence-electron chi connectivity index (χ3n) is 2.08. The van der Waals surface area contributed by atoms with E-state index in [2.05, 4.69) is 27.0 Å². The molecule has 0 spiro atoms. The van der Waals surface area contributed by atoms with Crippen LogP contribution in [0.5, 0.6) is 5.75 Å². The summed E-state index contributed by atoms with van der Waals surface area (Å²) in [5, 5.41) is 1.09. The maximum atomic E-state index is 5.27. The lowest BCUT2D eigenvalue weighted by molar-refractivity contribution is 0.418. The Bertz CT molecular complexity index is 477. The minimum absolute atomic E-state index is 0.826. The van der Waals surface area contributed by atoms with Crippen LogP contribution in [0.1, 0.15) is 5.56 Å². The van der Waals surface area contributed by atoms with E-state index in [1.54, 1.807) is 13.3 Å². The summed E-state index contributed by atoms with van der Waals surface area (Å²) in [7, 11) is 1.66. The number of halogens is 1. The van der Waals surface area contributed by atoms with Crippen LogP contribution in [-0.4, -0.2) is 12.1 Å². The van der Waals surface area contributed by atoms with Crippen LogP contribution in [0.3, 0.4) is 0 Å². The Morgan fingerprint density at radius 1 is 1.29 bits per heavy atom. The van der Waals surface area contributed by atoms with Crippen molar-refractivity contribution in [1.82, 2.24) is 4.98 Å². The topological polar surface area (TPSA) is 22.1 Å². The van der Waals surface area contributed by atoms with Gasteiger partial charge in [0, 0.05) is 16.1 Å². The van der Waals surface area contributed by atoms with E-state index in [-0.39, 0.29) is 0 Å². The number of methoxy groups -OCH3 is 1. The first-order valence-corrected chi connectivity index (χ1v) is 5.10. The number of nitrogens with zero attached hydrogens (tertiary/aromatic N) is 1. The monoisotopic (exact) mass is 251 g/mol. The third-order valence-corrected chi connectivity index (χ3v) is 2.51. The molecular formula is C11H10BrNO. The standard InChI is InChI=1S/C11H10BrNO/c1-7-3-8-5-9(12)6-13-11(8)10(4-7)14-2/h3-6H,1-2H3. The van der Waals surface area contributed by atoms with Crippen LogP contribution in [0.2, 0.25) is 0 Å². The van der Waals surface area contributed by atoms with E-state index in [0.717, 1.165) is 21.1 Å². The smallest absolute Gasteiger partial charge is 0.145 e. The van der Waals surface area contributed by atoms with Crippen molar-refractivity contribution in [3.05, 3.63) is 34.4 Å². The second kappa shape index (κ2) is 3.58. The molecule has 0 aliphatic rings. The van der Waals surface area contributed by atoms with E-state index in [1.807, 2.05) is 19.1 Å². The lowest BCUT2D eigenvalue weighted by Gasteiger charge is -2.06. The van der Waals surface area contributed by atoms with Gasteiger partial charge in [-0.3, -0.25) is 4.98 Å². The van der Waals surface area contributed by atoms with Crippen molar-refractivity contribution in [3.8, 4) is 5.75 Å². The molecule has 0 amide bonds. The first-order valence-electron chi connectivity index (χ1n) is 4.30. The molecule has 2 rings (SSSR count). The van der Waals surface area contributed by atoms with Gasteiger partial charge in [-0.05, 0) is 46.6 Å². The first-order chi connectivity index (χ1) is 6.70. The molecule has 72 valence electrons. The highest BCUT2D eigenvalue weighted by Gasteiger charge is 2.04. The van der Waals surface area contributed by atoms with Gasteiger partial charge in [0.1, 0.15) is 11.3 Å². The Hall–Kier alpha value is -1.09. The Morgan fingerprint density at radius 2 is 2.07 bits per heavy atom. The van der Waals surface area contributed by atoms with E-state index in [4.69, 9.17) is 4.74 Å². The number of hydrogen-bond donors (Lipinski definition) is 0. The molecule has 0 radical (unpaired) electrons. The Morgan fingerprint density at radius 3 is 2.79 bits per heavy atom. The average molecular weight is 252 g/mol. The van der Waals surface area contributed by atoms with E-state index in [0.29, 0.717) is 0 Å². The second-order valence-electron chi connectivity index (χ2n) is 3.19. The molecule has 0 fully saturated rings. The number of rotatable bonds is 1. The third kappa shape index (κ3) is 1.60. The van der Waals surface area contributed by atoms with Crippen LogP contribution in [0, 0.1) is 6.92 Å². The van der Waals surface area contributed by atoms with Crippen LogP contribution >= 0.6 is 15.9 Å². The van der Waals surface area contributed by atoms with E-state index < -0.39 is 0 Å². The van der Waals surface area contributed by atoms with Crippen molar-refractivity contribution in [2.24, 2.45) is 0 Å². The molecule has 0 aliphatic carbocycles. The second-order valence-corrected chi connectivity index (χ2v) is 4.11. The van der Waals surface area contributed by atoms with Gasteiger partial charge in [-0.2, -0.15) is 0 Å². The molecule has 0 bridgehead atoms. The van der Waals surface area contributed by atoms with E-state index in [1.165, 1.54) is 5.56 Å². The lowest BCUT2D eigenvalue weighted by atomic mass is 10.1. The van der Waals surface area contributed by atoms with E-state index >= 15 is 0 Å². The maximum Gasteiger partial charge on any atom is 0.145 e. The Labute approximate surface area is 91.0 Å². The quantitative estimate of drug-likeness (QED) is 0.776. The molecule has 0 atom stereocenters. The zero-order valence-electron chi connectivity index (χ0n) is 8.04. The number of hydrogen-bond acceptors (Lipinski definition) is 2. The molecule has 0 saturated heterocycles. The van der Waals surface area contributed by atoms with Crippen LogP contribution in [-0.2, 0) is 0 Å². The first kappa shape index (κ1) is 9.46. The summed E-state index contributed by atoms with van der Waals surface area (Å²) in [6.07, 6.45) is 1.78. The number of benzene rings is 1. The zero-order chi connectivity index (χ0) is 10.1. The fourth-order valence-electron chi connectivity index (χ4n) is 1.49. The summed E-state index contributed by atoms with van der Waals surface area (Å²) in [4.78, 5) is 4.32. The minimum Gasteiger partial charge on any atom is -0.494 e. The van der Waals surface area contributed by atoms with Gasteiger partial charge in [0.05, 0.1) is 7.11 Å². The highest BCUT2D eigenvalue weighted by Crippen LogP contribution is 2.27. The van der Waals surface area contributed by atoms with Crippen LogP contribution in [0.25, 0.3) is 10.9 Å². The lowest BCUT2D eigenvalue weighted by Crippen LogP contribution is -1.88. The van der Waals surface area contributed by atoms with Gasteiger partial charge in [-0.1, -0.05) is 0 Å². The summed E-state index contributed by atoms with van der Waals surface area (Å²) < 4.78 is 6.25. The average Bonchev–Trinajstić information content (AvgIpc) is 2.15. The molecule has 0 unspecified atom stereocenters. The summed E-state index contributed by atoms with van der Waals surface area (Å²) in [6.45, 7) is 2.04. The summed E-state index contributed by atoms with van der Waals surface area (Å²) >= 11 is 3.40. The SMILES string of the molecule is COc1cc(C)cc2cc(Br)cnc12. The van der Waals surface area contributed by atoms with Crippen LogP contribution < -0.4 is 4.74 Å². The van der Waals surface area contributed by atoms with Crippen molar-refractivity contribution in [2.75, 3.05) is 7.11 Å². The number of aryl methyl sites for hydroxylation is 1. The van der Waals surface area contributed by atoms with Gasteiger partial charge < -0.3 is 4.74 Å². The highest BCUT2D eigenvalue weighted by molar-refractivity contribution is 9.10. The fraction of sp³-hybridized carbons (Fsp3) is 0.182. The van der Waals surface area contributed by atoms with Gasteiger partial charge in [0.2, 0.25) is 0 Å². The fourth-order valence-corrected chi connectivity index (χ4v) is 1.84. The molecule has 2 aromatic rings. The molecule has 0 saturated carbocycles. The van der Waals surface area contributed by atoms with E-state index in [9.17, 15) is 0 Å². The molecule has 0 aliphatic heterocycles. The molecular weight excluding hydrogens is 242 g/mol. The van der Waals surface area contributed by atoms with Gasteiger partial charge in [-0.25, -0.2) is 0 Å².